The number of aromatic nitrogens is 1. The van der Waals surface area contributed by atoms with E-state index in [1.165, 1.54) is 0 Å². The molecule has 1 atom stereocenters. The van der Waals surface area contributed by atoms with Crippen molar-refractivity contribution in [1.29, 1.82) is 0 Å². The summed E-state index contributed by atoms with van der Waals surface area (Å²) in [7, 11) is 1.77. The number of halogens is 1. The highest BCUT2D eigenvalue weighted by atomic mass is 35.5. The summed E-state index contributed by atoms with van der Waals surface area (Å²) >= 11 is 6.33. The predicted molar refractivity (Wildman–Crippen MR) is 96.5 cm³/mol. The van der Waals surface area contributed by atoms with Crippen molar-refractivity contribution < 1.29 is 4.52 Å². The van der Waals surface area contributed by atoms with Crippen LogP contribution in [0.3, 0.4) is 0 Å². The number of para-hydroxylation sites is 1. The first-order valence-electron chi connectivity index (χ1n) is 8.12. The van der Waals surface area contributed by atoms with Gasteiger partial charge in [-0.05, 0) is 25.0 Å². The van der Waals surface area contributed by atoms with Crippen LogP contribution >= 0.6 is 11.6 Å². The molecule has 7 heteroatoms. The van der Waals surface area contributed by atoms with Gasteiger partial charge >= 0.3 is 0 Å². The molecule has 0 amide bonds. The Morgan fingerprint density at radius 2 is 2.29 bits per heavy atom. The molecule has 1 aromatic carbocycles. The van der Waals surface area contributed by atoms with E-state index in [0.29, 0.717) is 12.6 Å². The molecule has 1 saturated heterocycles. The van der Waals surface area contributed by atoms with Gasteiger partial charge in [-0.2, -0.15) is 0 Å². The van der Waals surface area contributed by atoms with E-state index >= 15 is 0 Å². The Balaban J connectivity index is 1.57. The number of hydrogen-bond donors (Lipinski definition) is 2. The number of anilines is 1. The monoisotopic (exact) mass is 347 g/mol. The van der Waals surface area contributed by atoms with Gasteiger partial charge in [0.25, 0.3) is 0 Å². The number of benzene rings is 1. The molecule has 0 spiro atoms. The van der Waals surface area contributed by atoms with Gasteiger partial charge in [0.1, 0.15) is 12.0 Å². The maximum atomic E-state index is 6.33. The van der Waals surface area contributed by atoms with Crippen LogP contribution in [0.2, 0.25) is 5.02 Å². The summed E-state index contributed by atoms with van der Waals surface area (Å²) in [5.41, 5.74) is 1.94. The smallest absolute Gasteiger partial charge is 0.191 e. The standard InChI is InChI=1S/C17H22ClN5O/c1-19-17(20-11-13-8-10-24-22-13)21-14-5-4-9-23(12-14)16-7-3-2-6-15(16)18/h2-3,6-8,10,14H,4-5,9,11-12H2,1H3,(H2,19,20,21). The predicted octanol–water partition coefficient (Wildman–Crippen LogP) is 2.66. The largest absolute Gasteiger partial charge is 0.368 e. The molecule has 2 heterocycles. The fraction of sp³-hybridized carbons (Fsp3) is 0.412. The van der Waals surface area contributed by atoms with Crippen molar-refractivity contribution in [2.75, 3.05) is 25.0 Å². The maximum absolute atomic E-state index is 6.33. The number of rotatable bonds is 4. The Hall–Kier alpha value is -2.21. The third-order valence-electron chi connectivity index (χ3n) is 4.11. The second-order valence-corrected chi connectivity index (χ2v) is 6.20. The number of nitrogens with zero attached hydrogens (tertiary/aromatic N) is 3. The number of hydrogen-bond acceptors (Lipinski definition) is 4. The minimum atomic E-state index is 0.318. The van der Waals surface area contributed by atoms with E-state index in [1.54, 1.807) is 13.3 Å². The van der Waals surface area contributed by atoms with Crippen LogP contribution in [-0.2, 0) is 6.54 Å². The van der Waals surface area contributed by atoms with Gasteiger partial charge in [0.15, 0.2) is 5.96 Å². The molecule has 128 valence electrons. The van der Waals surface area contributed by atoms with Crippen molar-refractivity contribution in [3.05, 3.63) is 47.3 Å². The Kier molecular flexibility index (Phi) is 5.59. The summed E-state index contributed by atoms with van der Waals surface area (Å²) in [6, 6.07) is 10.1. The van der Waals surface area contributed by atoms with Crippen molar-refractivity contribution in [3.63, 3.8) is 0 Å². The van der Waals surface area contributed by atoms with Gasteiger partial charge in [-0.25, -0.2) is 0 Å². The van der Waals surface area contributed by atoms with Crippen LogP contribution < -0.4 is 15.5 Å². The van der Waals surface area contributed by atoms with Crippen LogP contribution in [0.5, 0.6) is 0 Å². The van der Waals surface area contributed by atoms with Gasteiger partial charge in [0, 0.05) is 32.2 Å². The molecule has 0 aliphatic carbocycles. The lowest BCUT2D eigenvalue weighted by Gasteiger charge is -2.35. The van der Waals surface area contributed by atoms with Gasteiger partial charge in [0.05, 0.1) is 17.3 Å². The van der Waals surface area contributed by atoms with Crippen LogP contribution in [0.25, 0.3) is 0 Å². The lowest BCUT2D eigenvalue weighted by molar-refractivity contribution is 0.410. The third-order valence-corrected chi connectivity index (χ3v) is 4.43. The summed E-state index contributed by atoms with van der Waals surface area (Å²) in [6.07, 6.45) is 3.78. The van der Waals surface area contributed by atoms with Crippen molar-refractivity contribution >= 4 is 23.2 Å². The Morgan fingerprint density at radius 1 is 1.42 bits per heavy atom. The molecule has 0 radical (unpaired) electrons. The van der Waals surface area contributed by atoms with E-state index in [4.69, 9.17) is 16.1 Å². The zero-order valence-corrected chi connectivity index (χ0v) is 14.5. The average Bonchev–Trinajstić information content (AvgIpc) is 3.13. The summed E-state index contributed by atoms with van der Waals surface area (Å²) in [5.74, 6) is 0.768. The average molecular weight is 348 g/mol. The molecule has 1 aromatic heterocycles. The molecule has 2 N–H and O–H groups in total. The lowest BCUT2D eigenvalue weighted by Crippen LogP contribution is -2.51. The van der Waals surface area contributed by atoms with Gasteiger partial charge in [-0.3, -0.25) is 4.99 Å². The minimum absolute atomic E-state index is 0.318. The molecule has 1 aliphatic rings. The van der Waals surface area contributed by atoms with Crippen molar-refractivity contribution in [3.8, 4) is 0 Å². The quantitative estimate of drug-likeness (QED) is 0.657. The maximum Gasteiger partial charge on any atom is 0.191 e. The topological polar surface area (TPSA) is 65.7 Å². The van der Waals surface area contributed by atoms with Gasteiger partial charge in [-0.1, -0.05) is 28.9 Å². The van der Waals surface area contributed by atoms with E-state index in [0.717, 1.165) is 48.3 Å². The molecule has 3 rings (SSSR count). The molecule has 0 bridgehead atoms. The second kappa shape index (κ2) is 8.06. The number of piperidine rings is 1. The summed E-state index contributed by atoms with van der Waals surface area (Å²) in [4.78, 5) is 6.62. The van der Waals surface area contributed by atoms with Crippen molar-refractivity contribution in [2.24, 2.45) is 4.99 Å². The first-order chi connectivity index (χ1) is 11.8. The molecule has 24 heavy (non-hydrogen) atoms. The third kappa shape index (κ3) is 4.20. The van der Waals surface area contributed by atoms with Crippen LogP contribution in [0, 0.1) is 0 Å². The van der Waals surface area contributed by atoms with E-state index in [-0.39, 0.29) is 0 Å². The Morgan fingerprint density at radius 3 is 3.04 bits per heavy atom. The van der Waals surface area contributed by atoms with Crippen LogP contribution in [0.1, 0.15) is 18.5 Å². The zero-order chi connectivity index (χ0) is 16.8. The summed E-state index contributed by atoms with van der Waals surface area (Å²) < 4.78 is 4.84. The minimum Gasteiger partial charge on any atom is -0.368 e. The first kappa shape index (κ1) is 16.6. The summed E-state index contributed by atoms with van der Waals surface area (Å²) in [5, 5.41) is 11.4. The molecule has 1 aliphatic heterocycles. The van der Waals surface area contributed by atoms with E-state index in [9.17, 15) is 0 Å². The number of aliphatic imine (C=N–C) groups is 1. The first-order valence-corrected chi connectivity index (χ1v) is 8.50. The highest BCUT2D eigenvalue weighted by Crippen LogP contribution is 2.27. The molecule has 1 unspecified atom stereocenters. The molecule has 6 nitrogen and oxygen atoms in total. The molecule has 0 saturated carbocycles. The normalized spacial score (nSPS) is 18.5. The van der Waals surface area contributed by atoms with Crippen LogP contribution in [0.15, 0.2) is 46.1 Å². The second-order valence-electron chi connectivity index (χ2n) is 5.80. The highest BCUT2D eigenvalue weighted by Gasteiger charge is 2.22. The van der Waals surface area contributed by atoms with Gasteiger partial charge in [0.2, 0.25) is 0 Å². The van der Waals surface area contributed by atoms with Gasteiger partial charge in [-0.15, -0.1) is 0 Å². The van der Waals surface area contributed by atoms with Crippen LogP contribution in [-0.4, -0.2) is 37.3 Å². The summed E-state index contributed by atoms with van der Waals surface area (Å²) in [6.45, 7) is 2.50. The van der Waals surface area contributed by atoms with E-state index < -0.39 is 0 Å². The molecule has 1 fully saturated rings. The Bertz CT molecular complexity index is 673. The number of nitrogens with one attached hydrogen (secondary N) is 2. The fourth-order valence-corrected chi connectivity index (χ4v) is 3.17. The molecular weight excluding hydrogens is 326 g/mol. The highest BCUT2D eigenvalue weighted by molar-refractivity contribution is 6.33. The SMILES string of the molecule is CN=C(NCc1ccon1)NC1CCCN(c2ccccc2Cl)C1. The molecule has 2 aromatic rings. The molecular formula is C17H22ClN5O. The van der Waals surface area contributed by atoms with Crippen molar-refractivity contribution in [1.82, 2.24) is 15.8 Å². The Labute approximate surface area is 146 Å². The van der Waals surface area contributed by atoms with E-state index in [1.807, 2.05) is 24.3 Å². The zero-order valence-electron chi connectivity index (χ0n) is 13.7. The fourth-order valence-electron chi connectivity index (χ4n) is 2.91. The lowest BCUT2D eigenvalue weighted by atomic mass is 10.0. The van der Waals surface area contributed by atoms with Gasteiger partial charge < -0.3 is 20.1 Å². The number of guanidine groups is 1. The van der Waals surface area contributed by atoms with E-state index in [2.05, 4.69) is 31.7 Å². The van der Waals surface area contributed by atoms with Crippen molar-refractivity contribution in [2.45, 2.75) is 25.4 Å². The van der Waals surface area contributed by atoms with Crippen LogP contribution in [0.4, 0.5) is 5.69 Å².